The zero-order valence-corrected chi connectivity index (χ0v) is 27.8. The van der Waals surface area contributed by atoms with Crippen LogP contribution in [-0.2, 0) is 19.0 Å². The minimum atomic E-state index is -1.01. The van der Waals surface area contributed by atoms with E-state index in [9.17, 15) is 19.8 Å². The first-order valence-corrected chi connectivity index (χ1v) is 17.7. The molecule has 0 aromatic heterocycles. The molecule has 5 saturated carbocycles. The van der Waals surface area contributed by atoms with E-state index in [2.05, 4.69) is 26.1 Å². The quantitative estimate of drug-likeness (QED) is 0.360. The molecule has 0 aromatic carbocycles. The van der Waals surface area contributed by atoms with Gasteiger partial charge in [0, 0.05) is 25.0 Å². The van der Waals surface area contributed by atoms with Crippen molar-refractivity contribution >= 4 is 12.0 Å². The van der Waals surface area contributed by atoms with Crippen LogP contribution in [0.1, 0.15) is 106 Å². The average Bonchev–Trinajstić information content (AvgIpc) is 3.37. The summed E-state index contributed by atoms with van der Waals surface area (Å²) >= 11 is 0. The molecule has 2 heterocycles. The lowest BCUT2D eigenvalue weighted by molar-refractivity contribution is -0.595. The van der Waals surface area contributed by atoms with Gasteiger partial charge < -0.3 is 29.7 Å². The summed E-state index contributed by atoms with van der Waals surface area (Å²) in [6, 6.07) is -0.375. The predicted octanol–water partition coefficient (Wildman–Crippen LogP) is 3.30. The number of nitrogens with two attached hydrogens (primary N) is 1. The highest BCUT2D eigenvalue weighted by Crippen LogP contribution is 2.87. The fourth-order valence-corrected chi connectivity index (χ4v) is 12.8. The van der Waals surface area contributed by atoms with Gasteiger partial charge in [0.05, 0.1) is 23.9 Å². The number of aliphatic hydroxyl groups is 2. The molecular weight excluding hydrogens is 560 g/mol. The molecule has 7 aliphatic rings. The normalized spacial score (nSPS) is 49.5. The van der Waals surface area contributed by atoms with Crippen molar-refractivity contribution in [2.24, 2.45) is 45.3 Å². The van der Waals surface area contributed by atoms with Crippen molar-refractivity contribution in [2.45, 2.75) is 148 Å². The van der Waals surface area contributed by atoms with Crippen LogP contribution in [0.4, 0.5) is 4.79 Å². The van der Waals surface area contributed by atoms with Gasteiger partial charge in [-0.05, 0) is 118 Å². The van der Waals surface area contributed by atoms with E-state index >= 15 is 0 Å². The first kappa shape index (κ1) is 31.3. The number of rotatable bonds is 6. The standard InChI is InChI=1S/C35H56N2O7/c1-7-42-28(32(4,5)41)22-10-8-20-27(43-22)26(38)25-19-9-11-23-31(2,3)24(44-30(40)37-21-13-17-36-29(21)39)12-14-35(23)18-34(19,35)16-15-33(20,25)6/h19-28,38,41H,7-18H2,1-6H3,(H,36,39)(H,37,40)/p+1/t19?,20?,21?,22?,23?,24?,25?,26-,27?,28?,33?,34?,35?/m1/s1. The molecule has 2 amide bonds. The number of nitrogens with one attached hydrogen (secondary N) is 1. The summed E-state index contributed by atoms with van der Waals surface area (Å²) in [5.74, 6) is 1.45. The highest BCUT2D eigenvalue weighted by Gasteiger charge is 2.82. The molecule has 9 heteroatoms. The van der Waals surface area contributed by atoms with Crippen molar-refractivity contribution in [1.29, 1.82) is 0 Å². The van der Waals surface area contributed by atoms with Gasteiger partial charge in [-0.1, -0.05) is 20.8 Å². The van der Waals surface area contributed by atoms with E-state index in [1.807, 2.05) is 6.92 Å². The number of hydrogen-bond donors (Lipinski definition) is 4. The first-order valence-electron chi connectivity index (χ1n) is 17.7. The van der Waals surface area contributed by atoms with Crippen LogP contribution in [0.5, 0.6) is 0 Å². The molecule has 2 saturated heterocycles. The molecule has 248 valence electrons. The number of quaternary nitrogens is 1. The van der Waals surface area contributed by atoms with Crippen LogP contribution in [0, 0.1) is 45.3 Å². The third kappa shape index (κ3) is 4.34. The minimum absolute atomic E-state index is 0.0576. The Morgan fingerprint density at radius 2 is 1.82 bits per heavy atom. The Labute approximate surface area is 262 Å². The number of ether oxygens (including phenoxy) is 3. The maximum absolute atomic E-state index is 12.9. The van der Waals surface area contributed by atoms with Gasteiger partial charge in [-0.25, -0.2) is 5.32 Å². The Kier molecular flexibility index (Phi) is 7.39. The summed E-state index contributed by atoms with van der Waals surface area (Å²) in [6.07, 6.45) is 8.42. The summed E-state index contributed by atoms with van der Waals surface area (Å²) in [5.41, 5.74) is -0.577. The van der Waals surface area contributed by atoms with Crippen molar-refractivity contribution in [3.63, 3.8) is 0 Å². The van der Waals surface area contributed by atoms with Crippen LogP contribution in [0.25, 0.3) is 0 Å². The molecule has 7 rings (SSSR count). The number of aliphatic hydroxyl groups excluding tert-OH is 1. The summed E-state index contributed by atoms with van der Waals surface area (Å²) in [4.78, 5) is 25.0. The van der Waals surface area contributed by atoms with Crippen LogP contribution in [0.15, 0.2) is 0 Å². The summed E-state index contributed by atoms with van der Waals surface area (Å²) < 4.78 is 18.9. The van der Waals surface area contributed by atoms with Gasteiger partial charge in [-0.15, -0.1) is 0 Å². The van der Waals surface area contributed by atoms with E-state index in [-0.39, 0.29) is 63.9 Å². The van der Waals surface area contributed by atoms with E-state index in [0.29, 0.717) is 37.3 Å². The van der Waals surface area contributed by atoms with Gasteiger partial charge in [0.15, 0.2) is 6.04 Å². The number of hydrogen-bond acceptors (Lipinski definition) is 7. The second kappa shape index (κ2) is 10.4. The largest absolute Gasteiger partial charge is 0.513 e. The zero-order chi connectivity index (χ0) is 31.4. The minimum Gasteiger partial charge on any atom is -0.416 e. The fraction of sp³-hybridized carbons (Fsp3) is 0.943. The lowest BCUT2D eigenvalue weighted by Gasteiger charge is -2.59. The molecule has 44 heavy (non-hydrogen) atoms. The smallest absolute Gasteiger partial charge is 0.416 e. The second-order valence-corrected chi connectivity index (χ2v) is 17.2. The van der Waals surface area contributed by atoms with Crippen LogP contribution in [0.3, 0.4) is 0 Å². The summed E-state index contributed by atoms with van der Waals surface area (Å²) in [6.45, 7) is 13.8. The van der Waals surface area contributed by atoms with E-state index in [4.69, 9.17) is 14.2 Å². The molecule has 13 atom stereocenters. The lowest BCUT2D eigenvalue weighted by atomic mass is 9.46. The molecule has 9 nitrogen and oxygen atoms in total. The molecular formula is C35H57N2O7+. The Morgan fingerprint density at radius 1 is 1.07 bits per heavy atom. The van der Waals surface area contributed by atoms with Gasteiger partial charge >= 0.3 is 6.09 Å². The molecule has 12 unspecified atom stereocenters. The van der Waals surface area contributed by atoms with Gasteiger partial charge in [-0.3, -0.25) is 4.79 Å². The van der Waals surface area contributed by atoms with Crippen molar-refractivity contribution in [3.8, 4) is 0 Å². The highest BCUT2D eigenvalue weighted by atomic mass is 16.6. The Balaban J connectivity index is 1.08. The third-order valence-corrected chi connectivity index (χ3v) is 14.6. The molecule has 5 aliphatic carbocycles. The van der Waals surface area contributed by atoms with Crippen LogP contribution < -0.4 is 10.6 Å². The molecule has 0 bridgehead atoms. The van der Waals surface area contributed by atoms with Crippen molar-refractivity contribution in [3.05, 3.63) is 0 Å². The van der Waals surface area contributed by atoms with Gasteiger partial charge in [0.25, 0.3) is 5.91 Å². The topological polar surface area (TPSA) is 131 Å². The molecule has 2 spiro atoms. The van der Waals surface area contributed by atoms with E-state index < -0.39 is 17.8 Å². The molecule has 0 radical (unpaired) electrons. The van der Waals surface area contributed by atoms with Gasteiger partial charge in [-0.2, -0.15) is 4.79 Å². The highest BCUT2D eigenvalue weighted by molar-refractivity contribution is 5.83. The summed E-state index contributed by atoms with van der Waals surface area (Å²) in [5, 5.41) is 27.3. The number of carbonyl (C=O) groups is 2. The zero-order valence-electron chi connectivity index (χ0n) is 27.8. The van der Waals surface area contributed by atoms with Crippen LogP contribution >= 0.6 is 0 Å². The molecule has 0 aromatic rings. The number of primary amides is 1. The van der Waals surface area contributed by atoms with E-state index in [1.54, 1.807) is 13.8 Å². The Morgan fingerprint density at radius 3 is 2.50 bits per heavy atom. The van der Waals surface area contributed by atoms with Crippen molar-refractivity contribution in [1.82, 2.24) is 5.32 Å². The SMILES string of the molecule is CCOC(C1CCC2C(O1)[C@H](O)C1C3CCC4C(C)(C)C(OC(=O)[NH2+]C5CCNC5=O)CCC45CC35CCC21C)C(C)(C)O. The molecule has 7 fully saturated rings. The number of amides is 2. The van der Waals surface area contributed by atoms with Crippen molar-refractivity contribution in [2.75, 3.05) is 13.2 Å². The Bertz CT molecular complexity index is 1170. The maximum atomic E-state index is 12.9. The Hall–Kier alpha value is -1.26. The average molecular weight is 618 g/mol. The third-order valence-electron chi connectivity index (χ3n) is 14.6. The fourth-order valence-electron chi connectivity index (χ4n) is 12.8. The predicted molar refractivity (Wildman–Crippen MR) is 162 cm³/mol. The molecule has 2 aliphatic heterocycles. The number of fused-ring (bicyclic) bond motifs is 4. The first-order chi connectivity index (χ1) is 20.7. The monoisotopic (exact) mass is 617 g/mol. The lowest BCUT2D eigenvalue weighted by Crippen LogP contribution is -2.95. The second-order valence-electron chi connectivity index (χ2n) is 17.2. The number of carbonyl (C=O) groups excluding carboxylic acids is 2. The van der Waals surface area contributed by atoms with Crippen molar-refractivity contribution < 1.29 is 39.3 Å². The summed E-state index contributed by atoms with van der Waals surface area (Å²) in [7, 11) is 0. The van der Waals surface area contributed by atoms with Crippen LogP contribution in [0.2, 0.25) is 0 Å². The van der Waals surface area contributed by atoms with E-state index in [0.717, 1.165) is 44.9 Å². The van der Waals surface area contributed by atoms with Gasteiger partial charge in [0.2, 0.25) is 0 Å². The van der Waals surface area contributed by atoms with E-state index in [1.165, 1.54) is 18.2 Å². The molecule has 5 N–H and O–H groups in total. The van der Waals surface area contributed by atoms with Gasteiger partial charge in [0.1, 0.15) is 12.2 Å². The van der Waals surface area contributed by atoms with Crippen LogP contribution in [-0.4, -0.2) is 77.5 Å². The maximum Gasteiger partial charge on any atom is 0.513 e.